The second-order valence-corrected chi connectivity index (χ2v) is 31.0. The summed E-state index contributed by atoms with van der Waals surface area (Å²) in [6.07, 6.45) is 2.88. The standard InChI is InChI=1S/C39H66O9SSi2/c1-24-14-16-26(17-15-24)49(40,41)36-33(45-36)22-31-34(48-51(12,13)38(6,7)8)23-39(9)35(44-31)19-18-27-32(46-39)21-29-30(43-27)20-28(25(2)42-29)47-50(10,11)37(3,4)5/h14-17,25,27-36H,18-23H2,1-13H3/t25-,27+,28+,29+,30-,31+,32-,33-,34-,35-,36-,39+/m1/s1. The molecule has 0 saturated carbocycles. The fraction of sp³-hybridized carbons (Fsp3) is 0.846. The van der Waals surface area contributed by atoms with Gasteiger partial charge in [-0.25, -0.2) is 8.42 Å². The highest BCUT2D eigenvalue weighted by Gasteiger charge is 2.58. The lowest BCUT2D eigenvalue weighted by Crippen LogP contribution is -2.61. The van der Waals surface area contributed by atoms with E-state index in [1.165, 1.54) is 0 Å². The largest absolute Gasteiger partial charge is 0.411 e. The summed E-state index contributed by atoms with van der Waals surface area (Å²) in [6.45, 7) is 29.0. The third kappa shape index (κ3) is 8.16. The molecule has 0 bridgehead atoms. The first-order valence-electron chi connectivity index (χ1n) is 19.4. The quantitative estimate of drug-likeness (QED) is 0.192. The lowest BCUT2D eigenvalue weighted by atomic mass is 9.83. The van der Waals surface area contributed by atoms with Crippen LogP contribution in [0.4, 0.5) is 0 Å². The van der Waals surface area contributed by atoms with Crippen molar-refractivity contribution in [3.8, 4) is 0 Å². The van der Waals surface area contributed by atoms with Gasteiger partial charge in [-0.15, -0.1) is 0 Å². The zero-order chi connectivity index (χ0) is 37.5. The van der Waals surface area contributed by atoms with Crippen LogP contribution >= 0.6 is 0 Å². The van der Waals surface area contributed by atoms with Crippen molar-refractivity contribution in [3.63, 3.8) is 0 Å². The van der Waals surface area contributed by atoms with E-state index in [0.717, 1.165) is 31.2 Å². The van der Waals surface area contributed by atoms with Gasteiger partial charge >= 0.3 is 0 Å². The Kier molecular flexibility index (Phi) is 10.8. The van der Waals surface area contributed by atoms with Crippen LogP contribution in [-0.2, 0) is 42.4 Å². The van der Waals surface area contributed by atoms with Crippen LogP contribution in [0, 0.1) is 6.92 Å². The highest BCUT2D eigenvalue weighted by Crippen LogP contribution is 2.49. The normalized spacial score (nSPS) is 39.4. The molecule has 51 heavy (non-hydrogen) atoms. The predicted octanol–water partition coefficient (Wildman–Crippen LogP) is 8.09. The van der Waals surface area contributed by atoms with Gasteiger partial charge in [-0.1, -0.05) is 59.2 Å². The molecular weight excluding hydrogens is 701 g/mol. The SMILES string of the molecule is Cc1ccc(S(=O)(=O)[C@H]2O[C@@H]2C[C@@H]2O[C@@H]3CC[C@@H]4O[C@@H]5C[C@H](O[Si](C)(C)C(C)(C)C)[C@@H](C)O[C@H]5C[C@H]4O[C@@]3(C)C[C@H]2O[Si](C)(C)C(C)(C)C)cc1. The van der Waals surface area contributed by atoms with Crippen LogP contribution in [0.15, 0.2) is 29.2 Å². The second kappa shape index (κ2) is 13.8. The molecule has 0 unspecified atom stereocenters. The molecule has 1 aromatic rings. The maximum atomic E-state index is 13.5. The van der Waals surface area contributed by atoms with Gasteiger partial charge in [-0.2, -0.15) is 0 Å². The Morgan fingerprint density at radius 1 is 0.765 bits per heavy atom. The summed E-state index contributed by atoms with van der Waals surface area (Å²) in [5.41, 5.74) is -0.448. The molecule has 1 aromatic carbocycles. The zero-order valence-corrected chi connectivity index (χ0v) is 36.3. The Bertz CT molecular complexity index is 1500. The summed E-state index contributed by atoms with van der Waals surface area (Å²) >= 11 is 0. The topological polar surface area (TPSA) is 102 Å². The zero-order valence-electron chi connectivity index (χ0n) is 33.5. The maximum absolute atomic E-state index is 13.5. The molecule has 0 aliphatic carbocycles. The second-order valence-electron chi connectivity index (χ2n) is 19.4. The summed E-state index contributed by atoms with van der Waals surface area (Å²) in [5.74, 6) is 0. The Hall–Kier alpha value is -0.676. The van der Waals surface area contributed by atoms with Gasteiger partial charge in [0.2, 0.25) is 9.84 Å². The van der Waals surface area contributed by atoms with E-state index >= 15 is 0 Å². The molecule has 5 fully saturated rings. The fourth-order valence-corrected chi connectivity index (χ4v) is 12.3. The highest BCUT2D eigenvalue weighted by molar-refractivity contribution is 7.92. The molecule has 0 radical (unpaired) electrons. The lowest BCUT2D eigenvalue weighted by molar-refractivity contribution is -0.277. The van der Waals surface area contributed by atoms with Gasteiger partial charge in [0.15, 0.2) is 22.1 Å². The van der Waals surface area contributed by atoms with Crippen LogP contribution in [0.5, 0.6) is 0 Å². The van der Waals surface area contributed by atoms with E-state index in [1.54, 1.807) is 12.1 Å². The van der Waals surface area contributed by atoms with Crippen LogP contribution in [0.25, 0.3) is 0 Å². The van der Waals surface area contributed by atoms with Crippen LogP contribution in [0.1, 0.15) is 99.5 Å². The number of rotatable bonds is 8. The van der Waals surface area contributed by atoms with Crippen LogP contribution < -0.4 is 0 Å². The smallest absolute Gasteiger partial charge is 0.207 e. The maximum Gasteiger partial charge on any atom is 0.207 e. The molecule has 6 rings (SSSR count). The molecule has 5 saturated heterocycles. The number of epoxide rings is 1. The minimum Gasteiger partial charge on any atom is -0.411 e. The van der Waals surface area contributed by atoms with Gasteiger partial charge in [0.05, 0.1) is 65.4 Å². The highest BCUT2D eigenvalue weighted by atomic mass is 32.2. The van der Waals surface area contributed by atoms with Crippen molar-refractivity contribution in [2.75, 3.05) is 0 Å². The van der Waals surface area contributed by atoms with Crippen molar-refractivity contribution < 1.29 is 41.0 Å². The van der Waals surface area contributed by atoms with Crippen molar-refractivity contribution in [2.24, 2.45) is 0 Å². The van der Waals surface area contributed by atoms with Crippen molar-refractivity contribution >= 4 is 26.5 Å². The molecule has 0 aromatic heterocycles. The molecule has 5 heterocycles. The number of hydrogen-bond donors (Lipinski definition) is 0. The Labute approximate surface area is 310 Å². The van der Waals surface area contributed by atoms with Crippen LogP contribution in [0.3, 0.4) is 0 Å². The van der Waals surface area contributed by atoms with Gasteiger partial charge in [-0.3, -0.25) is 0 Å². The molecule has 12 atom stereocenters. The Balaban J connectivity index is 1.18. The van der Waals surface area contributed by atoms with E-state index in [9.17, 15) is 8.42 Å². The molecular formula is C39H66O9SSi2. The average molecular weight is 767 g/mol. The van der Waals surface area contributed by atoms with E-state index in [-0.39, 0.29) is 65.0 Å². The van der Waals surface area contributed by atoms with Gasteiger partial charge in [-0.05, 0) is 82.0 Å². The molecule has 12 heteroatoms. The Morgan fingerprint density at radius 2 is 1.35 bits per heavy atom. The molecule has 0 N–H and O–H groups in total. The summed E-state index contributed by atoms with van der Waals surface area (Å²) in [6, 6.07) is 7.00. The van der Waals surface area contributed by atoms with E-state index in [4.69, 9.17) is 32.5 Å². The molecule has 0 amide bonds. The number of sulfone groups is 1. The number of aryl methyl sites for hydroxylation is 1. The van der Waals surface area contributed by atoms with Crippen LogP contribution in [0.2, 0.25) is 36.3 Å². The molecule has 0 spiro atoms. The molecule has 5 aliphatic rings. The average Bonchev–Trinajstić information content (AvgIpc) is 3.79. The van der Waals surface area contributed by atoms with Crippen molar-refractivity contribution in [2.45, 2.75) is 214 Å². The fourth-order valence-electron chi connectivity index (χ4n) is 7.95. The number of benzene rings is 1. The first-order chi connectivity index (χ1) is 23.4. The van der Waals surface area contributed by atoms with E-state index in [0.29, 0.717) is 17.7 Å². The van der Waals surface area contributed by atoms with E-state index in [1.807, 2.05) is 19.1 Å². The third-order valence-electron chi connectivity index (χ3n) is 13.4. The first kappa shape index (κ1) is 40.0. The summed E-state index contributed by atoms with van der Waals surface area (Å²) < 4.78 is 74.6. The third-order valence-corrected chi connectivity index (χ3v) is 24.3. The van der Waals surface area contributed by atoms with Crippen molar-refractivity contribution in [3.05, 3.63) is 29.8 Å². The Morgan fingerprint density at radius 3 is 1.96 bits per heavy atom. The summed E-state index contributed by atoms with van der Waals surface area (Å²) in [5, 5.41) is 0.111. The van der Waals surface area contributed by atoms with Gasteiger partial charge < -0.3 is 32.5 Å². The van der Waals surface area contributed by atoms with Crippen molar-refractivity contribution in [1.82, 2.24) is 0 Å². The molecule has 290 valence electrons. The van der Waals surface area contributed by atoms with Gasteiger partial charge in [0.1, 0.15) is 6.10 Å². The number of fused-ring (bicyclic) bond motifs is 3. The number of ether oxygens (including phenoxy) is 5. The monoisotopic (exact) mass is 766 g/mol. The lowest BCUT2D eigenvalue weighted by Gasteiger charge is -2.52. The molecule has 5 aliphatic heterocycles. The van der Waals surface area contributed by atoms with E-state index < -0.39 is 43.6 Å². The van der Waals surface area contributed by atoms with Crippen molar-refractivity contribution in [1.29, 1.82) is 0 Å². The summed E-state index contributed by atoms with van der Waals surface area (Å²) in [7, 11) is -7.82. The van der Waals surface area contributed by atoms with Crippen LogP contribution in [-0.4, -0.2) is 97.1 Å². The minimum absolute atomic E-state index is 0.00843. The minimum atomic E-state index is -3.62. The van der Waals surface area contributed by atoms with Gasteiger partial charge in [0.25, 0.3) is 0 Å². The molecule has 9 nitrogen and oxygen atoms in total. The van der Waals surface area contributed by atoms with E-state index in [2.05, 4.69) is 81.6 Å². The first-order valence-corrected chi connectivity index (χ1v) is 26.7. The predicted molar refractivity (Wildman–Crippen MR) is 204 cm³/mol. The number of hydrogen-bond acceptors (Lipinski definition) is 9. The van der Waals surface area contributed by atoms with Gasteiger partial charge in [0, 0.05) is 25.7 Å². The summed E-state index contributed by atoms with van der Waals surface area (Å²) in [4.78, 5) is 0.295.